The van der Waals surface area contributed by atoms with Crippen molar-refractivity contribution in [3.63, 3.8) is 0 Å². The van der Waals surface area contributed by atoms with E-state index in [4.69, 9.17) is 28.8 Å². The molecule has 0 aromatic carbocycles. The van der Waals surface area contributed by atoms with Gasteiger partial charge in [0.15, 0.2) is 16.8 Å². The molecule has 0 saturated carbocycles. The SMILES string of the molecule is CC(CSCc1cnccc1SC1=C(C(=O)O)N2C(=O)[C@@H](NC(=O)/C(=N\O)c3nc(N)sc3Cl)[C@@H]2SC1)N=C(N)N. The van der Waals surface area contributed by atoms with Crippen LogP contribution in [0.4, 0.5) is 5.13 Å². The van der Waals surface area contributed by atoms with Gasteiger partial charge in [-0.15, -0.1) is 11.8 Å². The number of β-lactam (4-membered cyclic amide) rings is 1. The Labute approximate surface area is 255 Å². The Morgan fingerprint density at radius 2 is 2.15 bits per heavy atom. The van der Waals surface area contributed by atoms with Crippen molar-refractivity contribution in [3.05, 3.63) is 44.7 Å². The summed E-state index contributed by atoms with van der Waals surface area (Å²) in [5.74, 6) is -1.24. The Morgan fingerprint density at radius 1 is 1.39 bits per heavy atom. The van der Waals surface area contributed by atoms with Gasteiger partial charge >= 0.3 is 5.97 Å². The lowest BCUT2D eigenvalue weighted by Gasteiger charge is -2.49. The molecule has 2 aliphatic heterocycles. The van der Waals surface area contributed by atoms with Crippen LogP contribution in [0.3, 0.4) is 0 Å². The predicted octanol–water partition coefficient (Wildman–Crippen LogP) is 1.34. The highest BCUT2D eigenvalue weighted by Crippen LogP contribution is 2.46. The average molecular weight is 658 g/mol. The summed E-state index contributed by atoms with van der Waals surface area (Å²) in [6.45, 7) is 1.90. The zero-order chi connectivity index (χ0) is 29.8. The summed E-state index contributed by atoms with van der Waals surface area (Å²) in [7, 11) is 0. The Kier molecular flexibility index (Phi) is 9.90. The van der Waals surface area contributed by atoms with Gasteiger partial charge in [0, 0.05) is 39.5 Å². The van der Waals surface area contributed by atoms with E-state index in [2.05, 4.69) is 25.4 Å². The number of thiazole rings is 1. The number of amides is 2. The van der Waals surface area contributed by atoms with Crippen LogP contribution in [0.1, 0.15) is 18.2 Å². The van der Waals surface area contributed by atoms with Crippen LogP contribution in [0.2, 0.25) is 4.34 Å². The lowest BCUT2D eigenvalue weighted by atomic mass is 10.0. The lowest BCUT2D eigenvalue weighted by molar-refractivity contribution is -0.150. The van der Waals surface area contributed by atoms with Gasteiger partial charge in [-0.3, -0.25) is 19.5 Å². The minimum atomic E-state index is -1.27. The highest BCUT2D eigenvalue weighted by Gasteiger charge is 2.54. The first kappa shape index (κ1) is 30.8. The molecule has 2 aromatic heterocycles. The number of halogens is 1. The molecule has 14 nitrogen and oxygen atoms in total. The van der Waals surface area contributed by atoms with Crippen LogP contribution in [-0.2, 0) is 20.1 Å². The molecule has 1 fully saturated rings. The van der Waals surface area contributed by atoms with Crippen molar-refractivity contribution in [2.24, 2.45) is 21.6 Å². The number of carboxylic acids is 1. The smallest absolute Gasteiger partial charge is 0.353 e. The van der Waals surface area contributed by atoms with Crippen molar-refractivity contribution in [1.82, 2.24) is 20.2 Å². The third-order valence-corrected chi connectivity index (χ3v) is 10.6. The molecule has 9 N–H and O–H groups in total. The van der Waals surface area contributed by atoms with Gasteiger partial charge in [-0.05, 0) is 18.6 Å². The summed E-state index contributed by atoms with van der Waals surface area (Å²) >= 11 is 11.1. The van der Waals surface area contributed by atoms with Crippen LogP contribution in [0.25, 0.3) is 0 Å². The highest BCUT2D eigenvalue weighted by molar-refractivity contribution is 8.06. The monoisotopic (exact) mass is 657 g/mol. The van der Waals surface area contributed by atoms with Gasteiger partial charge in [0.05, 0.1) is 6.04 Å². The van der Waals surface area contributed by atoms with Crippen LogP contribution in [0.5, 0.6) is 0 Å². The zero-order valence-corrected chi connectivity index (χ0v) is 25.2. The van der Waals surface area contributed by atoms with E-state index in [0.29, 0.717) is 16.4 Å². The first-order valence-electron chi connectivity index (χ1n) is 11.6. The third kappa shape index (κ3) is 6.83. The number of rotatable bonds is 11. The first-order valence-corrected chi connectivity index (χ1v) is 15.9. The fourth-order valence-electron chi connectivity index (χ4n) is 3.93. The van der Waals surface area contributed by atoms with Crippen LogP contribution >= 0.6 is 58.2 Å². The zero-order valence-electron chi connectivity index (χ0n) is 21.2. The number of carbonyl (C=O) groups is 3. The molecule has 0 bridgehead atoms. The van der Waals surface area contributed by atoms with Crippen molar-refractivity contribution in [1.29, 1.82) is 0 Å². The van der Waals surface area contributed by atoms with Crippen LogP contribution in [-0.4, -0.2) is 83.6 Å². The second-order valence-corrected chi connectivity index (χ2v) is 13.5. The van der Waals surface area contributed by atoms with E-state index < -0.39 is 34.9 Å². The van der Waals surface area contributed by atoms with Crippen molar-refractivity contribution in [2.75, 3.05) is 17.2 Å². The molecule has 41 heavy (non-hydrogen) atoms. The number of fused-ring (bicyclic) bond motifs is 1. The van der Waals surface area contributed by atoms with E-state index in [0.717, 1.165) is 26.7 Å². The number of nitrogen functional groups attached to an aromatic ring is 1. The summed E-state index contributed by atoms with van der Waals surface area (Å²) in [4.78, 5) is 52.9. The number of aliphatic imine (C=N–C) groups is 1. The molecule has 218 valence electrons. The molecule has 1 unspecified atom stereocenters. The summed E-state index contributed by atoms with van der Waals surface area (Å²) in [6, 6.07) is 0.657. The largest absolute Gasteiger partial charge is 0.477 e. The number of hydrogen-bond acceptors (Lipinski definition) is 13. The normalized spacial score (nSPS) is 19.3. The Balaban J connectivity index is 1.48. The van der Waals surface area contributed by atoms with E-state index in [-0.39, 0.29) is 38.6 Å². The summed E-state index contributed by atoms with van der Waals surface area (Å²) in [5.41, 5.74) is 16.6. The molecule has 2 aliphatic rings. The second-order valence-electron chi connectivity index (χ2n) is 8.56. The highest BCUT2D eigenvalue weighted by atomic mass is 35.5. The molecule has 0 radical (unpaired) electrons. The van der Waals surface area contributed by atoms with Crippen molar-refractivity contribution in [3.8, 4) is 0 Å². The standard InChI is InChI=1S/C22H24ClN9O5S4/c1-8(28-21(24)25)5-38-6-9-4-27-3-2-10(9)40-11-7-39-19-14(18(34)32(19)15(11)20(35)36)29-17(33)13(31-37)12-16(23)41-22(26)30-12/h2-4,8,14,19,37H,5-7H2,1H3,(H2,26,30)(H,29,33)(H,35,36)(H4,24,25,28)/b31-13-/t8?,14-,19+/m1/s1. The number of carboxylic acid groups (broad SMARTS) is 1. The number of hydrogen-bond donors (Lipinski definition) is 6. The molecule has 2 aromatic rings. The molecule has 0 spiro atoms. The van der Waals surface area contributed by atoms with E-state index in [1.54, 1.807) is 30.2 Å². The number of anilines is 1. The molecule has 0 aliphatic carbocycles. The number of thioether (sulfide) groups is 3. The number of aromatic nitrogens is 2. The number of aliphatic carboxylic acids is 1. The quantitative estimate of drug-likeness (QED) is 0.0658. The van der Waals surface area contributed by atoms with Gasteiger partial charge in [0.2, 0.25) is 0 Å². The van der Waals surface area contributed by atoms with Crippen molar-refractivity contribution < 1.29 is 24.7 Å². The average Bonchev–Trinajstić information content (AvgIpc) is 3.24. The maximum Gasteiger partial charge on any atom is 0.353 e. The van der Waals surface area contributed by atoms with Crippen LogP contribution in [0.15, 0.2) is 44.1 Å². The summed E-state index contributed by atoms with van der Waals surface area (Å²) in [6.07, 6.45) is 3.32. The van der Waals surface area contributed by atoms with Gasteiger partial charge in [-0.1, -0.05) is 39.9 Å². The Morgan fingerprint density at radius 3 is 2.78 bits per heavy atom. The molecular formula is C22H24ClN9O5S4. The van der Waals surface area contributed by atoms with Gasteiger partial charge in [0.1, 0.15) is 27.1 Å². The molecule has 19 heteroatoms. The maximum atomic E-state index is 13.1. The topological polar surface area (TPSA) is 236 Å². The number of nitrogens with two attached hydrogens (primary N) is 3. The number of guanidine groups is 1. The fourth-order valence-corrected chi connectivity index (χ4v) is 8.50. The molecule has 1 saturated heterocycles. The van der Waals surface area contributed by atoms with E-state index in [1.807, 2.05) is 6.92 Å². The van der Waals surface area contributed by atoms with Gasteiger partial charge in [-0.2, -0.15) is 11.8 Å². The van der Waals surface area contributed by atoms with Crippen molar-refractivity contribution in [2.45, 2.75) is 35.0 Å². The van der Waals surface area contributed by atoms with Gasteiger partial charge < -0.3 is 32.8 Å². The Bertz CT molecular complexity index is 1460. The minimum absolute atomic E-state index is 0.0235. The number of carbonyl (C=O) groups excluding carboxylic acids is 2. The molecule has 2 amide bonds. The van der Waals surface area contributed by atoms with E-state index >= 15 is 0 Å². The molecule has 3 atom stereocenters. The van der Waals surface area contributed by atoms with Crippen molar-refractivity contribution >= 4 is 92.8 Å². The van der Waals surface area contributed by atoms with Gasteiger partial charge in [-0.25, -0.2) is 14.8 Å². The number of pyridine rings is 1. The summed E-state index contributed by atoms with van der Waals surface area (Å²) < 4.78 is 0.0361. The van der Waals surface area contributed by atoms with Crippen LogP contribution in [0, 0.1) is 0 Å². The maximum absolute atomic E-state index is 13.1. The lowest BCUT2D eigenvalue weighted by Crippen LogP contribution is -2.71. The first-order chi connectivity index (χ1) is 19.5. The van der Waals surface area contributed by atoms with Gasteiger partial charge in [0.25, 0.3) is 11.8 Å². The number of nitrogens with zero attached hydrogens (tertiary/aromatic N) is 5. The minimum Gasteiger partial charge on any atom is -0.477 e. The predicted molar refractivity (Wildman–Crippen MR) is 161 cm³/mol. The summed E-state index contributed by atoms with van der Waals surface area (Å²) in [5, 5.41) is 24.3. The van der Waals surface area contributed by atoms with E-state index in [9.17, 15) is 24.7 Å². The Hall–Kier alpha value is -3.19. The second kappa shape index (κ2) is 13.2. The number of oxime groups is 1. The number of nitrogens with one attached hydrogen (secondary N) is 1. The molecule has 4 rings (SSSR count). The molecular weight excluding hydrogens is 634 g/mol. The fraction of sp³-hybridized carbons (Fsp3) is 0.318. The van der Waals surface area contributed by atoms with E-state index in [1.165, 1.54) is 23.5 Å². The third-order valence-electron chi connectivity index (χ3n) is 5.64. The van der Waals surface area contributed by atoms with Crippen LogP contribution < -0.4 is 22.5 Å². The molecule has 4 heterocycles.